The first-order chi connectivity index (χ1) is 25.4. The van der Waals surface area contributed by atoms with Gasteiger partial charge in [0.15, 0.2) is 11.5 Å². The average molecular weight is 712 g/mol. The molecular weight excluding hydrogens is 666 g/mol. The molecule has 274 valence electrons. The number of hydrogen-bond acceptors (Lipinski definition) is 11. The van der Waals surface area contributed by atoms with Crippen LogP contribution in [0, 0.1) is 0 Å². The van der Waals surface area contributed by atoms with Crippen LogP contribution in [0.5, 0.6) is 17.2 Å². The molecule has 1 N–H and O–H groups in total. The lowest BCUT2D eigenvalue weighted by atomic mass is 10.1. The largest absolute Gasteiger partial charge is 0.493 e. The number of nitrogens with zero attached hydrogens (tertiary/aromatic N) is 4. The van der Waals surface area contributed by atoms with Crippen LogP contribution in [0.15, 0.2) is 59.4 Å². The van der Waals surface area contributed by atoms with Crippen molar-refractivity contribution < 1.29 is 33.3 Å². The highest BCUT2D eigenvalue weighted by atomic mass is 16.5. The zero-order valence-corrected chi connectivity index (χ0v) is 29.7. The van der Waals surface area contributed by atoms with Gasteiger partial charge in [0.25, 0.3) is 17.4 Å². The summed E-state index contributed by atoms with van der Waals surface area (Å²) in [5, 5.41) is 4.06. The Hall–Kier alpha value is -4.98. The topological polar surface area (TPSA) is 134 Å². The molecule has 3 aliphatic rings. The van der Waals surface area contributed by atoms with Crippen molar-refractivity contribution in [3.63, 3.8) is 0 Å². The Labute approximate surface area is 302 Å². The fraction of sp³-hybridized carbons (Fsp3) is 0.436. The molecule has 0 spiro atoms. The van der Waals surface area contributed by atoms with E-state index in [9.17, 15) is 14.4 Å². The van der Waals surface area contributed by atoms with E-state index in [1.165, 1.54) is 4.90 Å². The standard InChI is InChI=1S/C39H45N5O8/c1-48-34-8-3-26(23-35(34)49-2)9-13-43-36(41-33-24-28(4-6-31(33)38(43)46)40-27-11-18-50-19-12-27)10-14-44-37(45)30-7-5-29(25-32(30)39(44)47)52-22-17-42-15-20-51-21-16-42/h3-8,23-25,27,40H,9-22H2,1-2H3. The van der Waals surface area contributed by atoms with Gasteiger partial charge in [0.2, 0.25) is 0 Å². The van der Waals surface area contributed by atoms with Gasteiger partial charge < -0.3 is 29.0 Å². The lowest BCUT2D eigenvalue weighted by molar-refractivity contribution is 0.0322. The smallest absolute Gasteiger partial charge is 0.261 e. The second-order valence-electron chi connectivity index (χ2n) is 13.2. The van der Waals surface area contributed by atoms with Crippen LogP contribution in [0.25, 0.3) is 10.9 Å². The van der Waals surface area contributed by atoms with Gasteiger partial charge in [-0.2, -0.15) is 0 Å². The molecule has 3 aliphatic heterocycles. The Bertz CT molecular complexity index is 1990. The summed E-state index contributed by atoms with van der Waals surface area (Å²) in [6, 6.07) is 16.6. The second-order valence-corrected chi connectivity index (χ2v) is 13.2. The normalized spacial score (nSPS) is 16.7. The molecule has 0 unspecified atom stereocenters. The van der Waals surface area contributed by atoms with Crippen LogP contribution in [0.2, 0.25) is 0 Å². The Morgan fingerprint density at radius 3 is 2.35 bits per heavy atom. The molecule has 1 aromatic heterocycles. The first kappa shape index (κ1) is 35.4. The van der Waals surface area contributed by atoms with Crippen LogP contribution in [0.1, 0.15) is 44.9 Å². The minimum absolute atomic E-state index is 0.0634. The number of amides is 2. The number of hydrogen-bond donors (Lipinski definition) is 1. The lowest BCUT2D eigenvalue weighted by Crippen LogP contribution is -2.38. The molecule has 4 aromatic rings. The fourth-order valence-corrected chi connectivity index (χ4v) is 7.02. The van der Waals surface area contributed by atoms with Gasteiger partial charge in [0.1, 0.15) is 18.2 Å². The number of methoxy groups -OCH3 is 2. The van der Waals surface area contributed by atoms with Crippen molar-refractivity contribution in [1.29, 1.82) is 0 Å². The highest BCUT2D eigenvalue weighted by Crippen LogP contribution is 2.29. The third kappa shape index (κ3) is 7.76. The van der Waals surface area contributed by atoms with Gasteiger partial charge in [-0.3, -0.25) is 28.8 Å². The van der Waals surface area contributed by atoms with Crippen LogP contribution >= 0.6 is 0 Å². The number of fused-ring (bicyclic) bond motifs is 2. The number of imide groups is 1. The summed E-state index contributed by atoms with van der Waals surface area (Å²) in [5.41, 5.74) is 2.86. The molecule has 7 rings (SSSR count). The molecule has 0 atom stereocenters. The molecule has 13 nitrogen and oxygen atoms in total. The number of aromatic nitrogens is 2. The molecule has 52 heavy (non-hydrogen) atoms. The average Bonchev–Trinajstić information content (AvgIpc) is 3.41. The molecular formula is C39H45N5O8. The molecule has 0 bridgehead atoms. The van der Waals surface area contributed by atoms with Gasteiger partial charge in [-0.15, -0.1) is 0 Å². The van der Waals surface area contributed by atoms with E-state index in [1.54, 1.807) is 37.0 Å². The Morgan fingerprint density at radius 2 is 1.56 bits per heavy atom. The summed E-state index contributed by atoms with van der Waals surface area (Å²) in [7, 11) is 3.17. The molecule has 0 radical (unpaired) electrons. The molecule has 0 saturated carbocycles. The summed E-state index contributed by atoms with van der Waals surface area (Å²) < 4.78 is 29.4. The maximum absolute atomic E-state index is 14.1. The summed E-state index contributed by atoms with van der Waals surface area (Å²) in [6.07, 6.45) is 2.52. The highest BCUT2D eigenvalue weighted by Gasteiger charge is 2.36. The minimum Gasteiger partial charge on any atom is -0.493 e. The second kappa shape index (κ2) is 16.1. The van der Waals surface area contributed by atoms with E-state index in [0.717, 1.165) is 43.7 Å². The molecule has 2 amide bonds. The first-order valence-electron chi connectivity index (χ1n) is 17.9. The van der Waals surface area contributed by atoms with E-state index >= 15 is 0 Å². The zero-order chi connectivity index (χ0) is 36.0. The van der Waals surface area contributed by atoms with Crippen LogP contribution in [0.4, 0.5) is 5.69 Å². The third-order valence-electron chi connectivity index (χ3n) is 9.98. The summed E-state index contributed by atoms with van der Waals surface area (Å²) in [5.74, 6) is 1.49. The molecule has 2 fully saturated rings. The molecule has 3 aromatic carbocycles. The number of aryl methyl sites for hydroxylation is 1. The van der Waals surface area contributed by atoms with Gasteiger partial charge in [0.05, 0.1) is 49.5 Å². The molecule has 2 saturated heterocycles. The zero-order valence-electron chi connectivity index (χ0n) is 29.7. The van der Waals surface area contributed by atoms with E-state index in [2.05, 4.69) is 10.2 Å². The number of benzene rings is 3. The monoisotopic (exact) mass is 711 g/mol. The number of ether oxygens (including phenoxy) is 5. The van der Waals surface area contributed by atoms with E-state index in [4.69, 9.17) is 28.7 Å². The quantitative estimate of drug-likeness (QED) is 0.192. The van der Waals surface area contributed by atoms with Crippen molar-refractivity contribution in [1.82, 2.24) is 19.4 Å². The predicted molar refractivity (Wildman–Crippen MR) is 195 cm³/mol. The Morgan fingerprint density at radius 1 is 0.788 bits per heavy atom. The lowest BCUT2D eigenvalue weighted by Gasteiger charge is -2.26. The summed E-state index contributed by atoms with van der Waals surface area (Å²) in [4.78, 5) is 49.7. The number of morpholine rings is 1. The highest BCUT2D eigenvalue weighted by molar-refractivity contribution is 6.21. The van der Waals surface area contributed by atoms with E-state index in [-0.39, 0.29) is 36.4 Å². The predicted octanol–water partition coefficient (Wildman–Crippen LogP) is 3.80. The van der Waals surface area contributed by atoms with Crippen LogP contribution in [-0.4, -0.2) is 111 Å². The Balaban J connectivity index is 1.11. The van der Waals surface area contributed by atoms with Gasteiger partial charge in [-0.05, 0) is 73.4 Å². The SMILES string of the molecule is COc1ccc(CCn2c(CCN3C(=O)c4ccc(OCCN5CCOCC5)cc4C3=O)nc3cc(NC4CCOCC4)ccc3c2=O)cc1OC. The number of rotatable bonds is 14. The van der Waals surface area contributed by atoms with Crippen molar-refractivity contribution in [2.45, 2.75) is 38.3 Å². The number of carbonyl (C=O) groups excluding carboxylic acids is 2. The van der Waals surface area contributed by atoms with Crippen molar-refractivity contribution in [2.75, 3.05) is 78.7 Å². The van der Waals surface area contributed by atoms with Crippen molar-refractivity contribution in [2.24, 2.45) is 0 Å². The molecule has 13 heteroatoms. The molecule has 4 heterocycles. The van der Waals surface area contributed by atoms with E-state index in [1.807, 2.05) is 36.4 Å². The van der Waals surface area contributed by atoms with Crippen LogP contribution in [-0.2, 0) is 28.9 Å². The van der Waals surface area contributed by atoms with Gasteiger partial charge >= 0.3 is 0 Å². The first-order valence-corrected chi connectivity index (χ1v) is 17.9. The van der Waals surface area contributed by atoms with Crippen molar-refractivity contribution in [3.05, 3.63) is 87.5 Å². The van der Waals surface area contributed by atoms with Crippen LogP contribution in [0.3, 0.4) is 0 Å². The van der Waals surface area contributed by atoms with Crippen LogP contribution < -0.4 is 25.1 Å². The van der Waals surface area contributed by atoms with E-state index in [0.29, 0.717) is 91.1 Å². The Kier molecular flexibility index (Phi) is 11.0. The summed E-state index contributed by atoms with van der Waals surface area (Å²) >= 11 is 0. The maximum atomic E-state index is 14.1. The summed E-state index contributed by atoms with van der Waals surface area (Å²) in [6.45, 7) is 6.17. The van der Waals surface area contributed by atoms with E-state index < -0.39 is 0 Å². The van der Waals surface area contributed by atoms with Gasteiger partial charge in [-0.25, -0.2) is 4.98 Å². The molecule has 0 aliphatic carbocycles. The number of carbonyl (C=O) groups is 2. The van der Waals surface area contributed by atoms with Crippen molar-refractivity contribution in [3.8, 4) is 17.2 Å². The number of nitrogens with one attached hydrogen (secondary N) is 1. The van der Waals surface area contributed by atoms with Gasteiger partial charge in [-0.1, -0.05) is 6.07 Å². The van der Waals surface area contributed by atoms with Crippen molar-refractivity contribution >= 4 is 28.4 Å². The minimum atomic E-state index is -0.387. The van der Waals surface area contributed by atoms with Gasteiger partial charge in [0, 0.05) is 64.1 Å². The third-order valence-corrected chi connectivity index (χ3v) is 9.98. The number of anilines is 1. The maximum Gasteiger partial charge on any atom is 0.261 e. The fourth-order valence-electron chi connectivity index (χ4n) is 7.02.